The van der Waals surface area contributed by atoms with Crippen molar-refractivity contribution in [1.29, 1.82) is 0 Å². The molecule has 0 radical (unpaired) electrons. The van der Waals surface area contributed by atoms with Gasteiger partial charge in [0.05, 0.1) is 0 Å². The molecular weight excluding hydrogens is 597 g/mol. The zero-order chi connectivity index (χ0) is 33.2. The lowest BCUT2D eigenvalue weighted by Gasteiger charge is -2.25. The molecule has 2 aromatic rings. The first kappa shape index (κ1) is 35.9. The quantitative estimate of drug-likeness (QED) is 0.274. The predicted molar refractivity (Wildman–Crippen MR) is 146 cm³/mol. The second-order valence-corrected chi connectivity index (χ2v) is 10.4. The molecule has 2 amide bonds. The number of nitrogens with one attached hydrogen (secondary N) is 1. The summed E-state index contributed by atoms with van der Waals surface area (Å²) in [5.74, 6) is -5.33. The fourth-order valence-corrected chi connectivity index (χ4v) is 4.34. The van der Waals surface area contributed by atoms with Crippen molar-refractivity contribution >= 4 is 23.8 Å². The lowest BCUT2D eigenvalue weighted by molar-refractivity contribution is -0.192. The van der Waals surface area contributed by atoms with Crippen molar-refractivity contribution in [1.82, 2.24) is 10.2 Å². The van der Waals surface area contributed by atoms with E-state index in [1.54, 1.807) is 38.1 Å². The molecule has 3 atom stereocenters. The van der Waals surface area contributed by atoms with Gasteiger partial charge in [0, 0.05) is 31.5 Å². The number of benzene rings is 2. The van der Waals surface area contributed by atoms with Crippen molar-refractivity contribution in [3.8, 4) is 5.75 Å². The van der Waals surface area contributed by atoms with E-state index in [4.69, 9.17) is 20.4 Å². The van der Waals surface area contributed by atoms with Gasteiger partial charge in [-0.3, -0.25) is 9.59 Å². The van der Waals surface area contributed by atoms with Crippen LogP contribution < -0.4 is 15.8 Å². The second-order valence-electron chi connectivity index (χ2n) is 10.4. The Bertz CT molecular complexity index is 1310. The number of hydrogen-bond donors (Lipinski definition) is 4. The number of halogens is 5. The number of ether oxygens (including phenoxy) is 1. The van der Waals surface area contributed by atoms with Gasteiger partial charge < -0.3 is 30.9 Å². The molecule has 0 spiro atoms. The maximum atomic E-state index is 13.9. The van der Waals surface area contributed by atoms with Gasteiger partial charge in [0.25, 0.3) is 0 Å². The lowest BCUT2D eigenvalue weighted by Crippen LogP contribution is -2.47. The molecule has 1 heterocycles. The SMILES string of the molecule is CC(C)[C@H](Oc1ccc(CNC(=O)[C@@H]2CCCN2C(=O)C[C@H](N)Cc2cc(F)ccc2F)cc1)C(=O)O.O=C(O)C(F)(F)F. The highest BCUT2D eigenvalue weighted by Crippen LogP contribution is 2.21. The van der Waals surface area contributed by atoms with E-state index in [1.165, 1.54) is 4.90 Å². The summed E-state index contributed by atoms with van der Waals surface area (Å²) in [5, 5.41) is 19.2. The summed E-state index contributed by atoms with van der Waals surface area (Å²) in [7, 11) is 0. The molecule has 1 aliphatic heterocycles. The number of amides is 2. The Morgan fingerprint density at radius 1 is 1.07 bits per heavy atom. The molecule has 1 aliphatic rings. The van der Waals surface area contributed by atoms with Gasteiger partial charge in [0.2, 0.25) is 11.8 Å². The van der Waals surface area contributed by atoms with Crippen LogP contribution >= 0.6 is 0 Å². The fourth-order valence-electron chi connectivity index (χ4n) is 4.34. The van der Waals surface area contributed by atoms with Gasteiger partial charge in [-0.1, -0.05) is 26.0 Å². The summed E-state index contributed by atoms with van der Waals surface area (Å²) in [6.07, 6.45) is -4.94. The van der Waals surface area contributed by atoms with E-state index in [-0.39, 0.29) is 42.7 Å². The van der Waals surface area contributed by atoms with Crippen molar-refractivity contribution in [2.45, 2.75) is 70.4 Å². The van der Waals surface area contributed by atoms with Gasteiger partial charge in [-0.25, -0.2) is 18.4 Å². The molecule has 0 bridgehead atoms. The van der Waals surface area contributed by atoms with Gasteiger partial charge >= 0.3 is 18.1 Å². The van der Waals surface area contributed by atoms with Crippen molar-refractivity contribution in [2.24, 2.45) is 11.7 Å². The third-order valence-electron chi connectivity index (χ3n) is 6.55. The molecule has 44 heavy (non-hydrogen) atoms. The predicted octanol–water partition coefficient (Wildman–Crippen LogP) is 3.65. The highest BCUT2D eigenvalue weighted by molar-refractivity contribution is 5.88. The number of alkyl halides is 3. The summed E-state index contributed by atoms with van der Waals surface area (Å²) in [4.78, 5) is 47.4. The molecule has 10 nitrogen and oxygen atoms in total. The second kappa shape index (κ2) is 16.0. The fraction of sp³-hybridized carbons (Fsp3) is 0.448. The number of nitrogens with zero attached hydrogens (tertiary/aromatic N) is 1. The third kappa shape index (κ3) is 11.1. The van der Waals surface area contributed by atoms with E-state index in [0.717, 1.165) is 23.8 Å². The first-order valence-corrected chi connectivity index (χ1v) is 13.5. The summed E-state index contributed by atoms with van der Waals surface area (Å²) < 4.78 is 64.6. The van der Waals surface area contributed by atoms with Crippen LogP contribution in [0.2, 0.25) is 0 Å². The van der Waals surface area contributed by atoms with Crippen molar-refractivity contribution < 1.29 is 56.1 Å². The number of carbonyl (C=O) groups excluding carboxylic acids is 2. The van der Waals surface area contributed by atoms with E-state index >= 15 is 0 Å². The van der Waals surface area contributed by atoms with Gasteiger partial charge in [0.1, 0.15) is 23.4 Å². The molecule has 3 rings (SSSR count). The van der Waals surface area contributed by atoms with Crippen molar-refractivity contribution in [3.05, 3.63) is 65.2 Å². The number of aliphatic carboxylic acids is 2. The van der Waals surface area contributed by atoms with E-state index in [2.05, 4.69) is 5.32 Å². The standard InChI is InChI=1S/C27H33F2N3O5.C2HF3O2/c1-16(2)25(27(35)36)37-21-8-5-17(6-9-21)15-31-26(34)23-4-3-11-32(23)24(33)14-20(30)13-18-12-19(28)7-10-22(18)29;3-2(4,5)1(6)7/h5-10,12,16,20,23,25H,3-4,11,13-15,30H2,1-2H3,(H,31,34)(H,35,36);(H,6,7)/t20-,23+,25+;/m1./s1. The minimum atomic E-state index is -5.08. The number of hydrogen-bond acceptors (Lipinski definition) is 6. The van der Waals surface area contributed by atoms with Crippen LogP contribution in [0.5, 0.6) is 5.75 Å². The summed E-state index contributed by atoms with van der Waals surface area (Å²) in [5.41, 5.74) is 6.94. The maximum Gasteiger partial charge on any atom is 0.490 e. The Balaban J connectivity index is 0.000000860. The smallest absolute Gasteiger partial charge is 0.478 e. The van der Waals surface area contributed by atoms with Crippen molar-refractivity contribution in [2.75, 3.05) is 6.54 Å². The van der Waals surface area contributed by atoms with Crippen LogP contribution in [-0.4, -0.2) is 69.8 Å². The normalized spacial score (nSPS) is 16.0. The topological polar surface area (TPSA) is 159 Å². The molecule has 5 N–H and O–H groups in total. The number of rotatable bonds is 11. The largest absolute Gasteiger partial charge is 0.490 e. The zero-order valence-corrected chi connectivity index (χ0v) is 23.9. The molecule has 1 saturated heterocycles. The van der Waals surface area contributed by atoms with Crippen molar-refractivity contribution in [3.63, 3.8) is 0 Å². The molecule has 0 unspecified atom stereocenters. The van der Waals surface area contributed by atoms with Crippen LogP contribution in [0.1, 0.15) is 44.2 Å². The molecule has 242 valence electrons. The average Bonchev–Trinajstić information content (AvgIpc) is 3.43. The molecule has 0 aromatic heterocycles. The average molecular weight is 632 g/mol. The van der Waals surface area contributed by atoms with Gasteiger partial charge in [-0.05, 0) is 60.7 Å². The highest BCUT2D eigenvalue weighted by Gasteiger charge is 2.38. The van der Waals surface area contributed by atoms with Crippen LogP contribution in [-0.2, 0) is 32.1 Å². The molecule has 0 aliphatic carbocycles. The summed E-state index contributed by atoms with van der Waals surface area (Å²) in [6, 6.07) is 8.53. The Labute approximate surface area is 250 Å². The van der Waals surface area contributed by atoms with E-state index in [0.29, 0.717) is 25.1 Å². The molecule has 2 aromatic carbocycles. The third-order valence-corrected chi connectivity index (χ3v) is 6.55. The number of carbonyl (C=O) groups is 4. The highest BCUT2D eigenvalue weighted by atomic mass is 19.4. The maximum absolute atomic E-state index is 13.9. The molecular formula is C29H34F5N3O7. The number of likely N-dealkylation sites (tertiary alicyclic amines) is 1. The van der Waals surface area contributed by atoms with Gasteiger partial charge in [-0.2, -0.15) is 13.2 Å². The van der Waals surface area contributed by atoms with Crippen LogP contribution in [0.25, 0.3) is 0 Å². The van der Waals surface area contributed by atoms with Gasteiger partial charge in [0.15, 0.2) is 6.10 Å². The monoisotopic (exact) mass is 631 g/mol. The first-order chi connectivity index (χ1) is 20.5. The van der Waals surface area contributed by atoms with Crippen LogP contribution in [0.15, 0.2) is 42.5 Å². The molecule has 15 heteroatoms. The molecule has 0 saturated carbocycles. The summed E-state index contributed by atoms with van der Waals surface area (Å²) >= 11 is 0. The number of carboxylic acids is 2. The van der Waals surface area contributed by atoms with Crippen LogP contribution in [0.3, 0.4) is 0 Å². The Hall–Kier alpha value is -4.27. The van der Waals surface area contributed by atoms with Gasteiger partial charge in [-0.15, -0.1) is 0 Å². The minimum Gasteiger partial charge on any atom is -0.478 e. The first-order valence-electron chi connectivity index (χ1n) is 13.5. The summed E-state index contributed by atoms with van der Waals surface area (Å²) in [6.45, 7) is 4.17. The molecule has 1 fully saturated rings. The Morgan fingerprint density at radius 3 is 2.23 bits per heavy atom. The Kier molecular flexibility index (Phi) is 13.1. The van der Waals surface area contributed by atoms with E-state index in [1.807, 2.05) is 0 Å². The number of nitrogens with two attached hydrogens (primary N) is 1. The number of carboxylic acid groups (broad SMARTS) is 2. The lowest BCUT2D eigenvalue weighted by atomic mass is 10.0. The van der Waals surface area contributed by atoms with E-state index in [9.17, 15) is 41.4 Å². The minimum absolute atomic E-state index is 0.00409. The van der Waals surface area contributed by atoms with Crippen LogP contribution in [0, 0.1) is 17.6 Å². The zero-order valence-electron chi connectivity index (χ0n) is 23.9. The Morgan fingerprint density at radius 2 is 1.68 bits per heavy atom. The van der Waals surface area contributed by atoms with Crippen LogP contribution in [0.4, 0.5) is 22.0 Å². The van der Waals surface area contributed by atoms with E-state index < -0.39 is 47.9 Å².